The lowest BCUT2D eigenvalue weighted by molar-refractivity contribution is -0.120. The second kappa shape index (κ2) is 7.43. The van der Waals surface area contributed by atoms with Gasteiger partial charge in [-0.2, -0.15) is 0 Å². The monoisotopic (exact) mass is 336 g/mol. The first-order valence-corrected chi connectivity index (χ1v) is 8.53. The fraction of sp³-hybridized carbons (Fsp3) is 0.286. The molecule has 0 atom stereocenters. The molecule has 2 aromatic carbocycles. The van der Waals surface area contributed by atoms with Gasteiger partial charge in [0.2, 0.25) is 5.91 Å². The van der Waals surface area contributed by atoms with Gasteiger partial charge < -0.3 is 14.6 Å². The molecule has 4 nitrogen and oxygen atoms in total. The summed E-state index contributed by atoms with van der Waals surface area (Å²) in [4.78, 5) is 12.3. The van der Waals surface area contributed by atoms with E-state index in [4.69, 9.17) is 4.74 Å². The average molecular weight is 336 g/mol. The van der Waals surface area contributed by atoms with Crippen LogP contribution in [-0.4, -0.2) is 24.1 Å². The number of ether oxygens (including phenoxy) is 1. The molecule has 1 amide bonds. The number of rotatable bonds is 6. The van der Waals surface area contributed by atoms with Crippen LogP contribution in [0.4, 0.5) is 0 Å². The second-order valence-corrected chi connectivity index (χ2v) is 6.23. The Morgan fingerprint density at radius 3 is 2.64 bits per heavy atom. The van der Waals surface area contributed by atoms with E-state index in [1.54, 1.807) is 7.11 Å². The highest BCUT2D eigenvalue weighted by Crippen LogP contribution is 2.25. The first-order valence-electron chi connectivity index (χ1n) is 8.53. The molecule has 0 saturated carbocycles. The van der Waals surface area contributed by atoms with E-state index < -0.39 is 0 Å². The maximum absolute atomic E-state index is 12.3. The quantitative estimate of drug-likeness (QED) is 0.750. The van der Waals surface area contributed by atoms with E-state index >= 15 is 0 Å². The smallest absolute Gasteiger partial charge is 0.224 e. The summed E-state index contributed by atoms with van der Waals surface area (Å²) in [7, 11) is 3.71. The minimum absolute atomic E-state index is 0.0161. The van der Waals surface area contributed by atoms with Crippen molar-refractivity contribution in [1.29, 1.82) is 0 Å². The summed E-state index contributed by atoms with van der Waals surface area (Å²) in [5.74, 6) is 0.768. The van der Waals surface area contributed by atoms with Crippen LogP contribution in [0.5, 0.6) is 5.75 Å². The Hall–Kier alpha value is -2.75. The Balaban J connectivity index is 1.64. The van der Waals surface area contributed by atoms with E-state index in [0.29, 0.717) is 13.0 Å². The molecule has 3 rings (SSSR count). The molecule has 130 valence electrons. The third kappa shape index (κ3) is 3.53. The number of hydrogen-bond acceptors (Lipinski definition) is 2. The van der Waals surface area contributed by atoms with Gasteiger partial charge in [0.25, 0.3) is 0 Å². The van der Waals surface area contributed by atoms with Crippen molar-refractivity contribution in [3.05, 3.63) is 65.4 Å². The van der Waals surface area contributed by atoms with E-state index in [2.05, 4.69) is 48.1 Å². The van der Waals surface area contributed by atoms with Gasteiger partial charge in [0.1, 0.15) is 5.75 Å². The van der Waals surface area contributed by atoms with Crippen LogP contribution in [-0.2, 0) is 24.7 Å². The van der Waals surface area contributed by atoms with Gasteiger partial charge in [0, 0.05) is 35.8 Å². The molecule has 4 heteroatoms. The molecule has 0 unspecified atom stereocenters. The Bertz CT molecular complexity index is 896. The summed E-state index contributed by atoms with van der Waals surface area (Å²) in [6, 6.07) is 16.0. The number of amides is 1. The van der Waals surface area contributed by atoms with Gasteiger partial charge in [-0.25, -0.2) is 0 Å². The van der Waals surface area contributed by atoms with Crippen LogP contribution < -0.4 is 10.1 Å². The van der Waals surface area contributed by atoms with Gasteiger partial charge in [-0.15, -0.1) is 0 Å². The number of hydrogen-bond donors (Lipinski definition) is 1. The third-order valence-electron chi connectivity index (χ3n) is 4.77. The number of methoxy groups -OCH3 is 1. The van der Waals surface area contributed by atoms with E-state index in [1.807, 2.05) is 24.3 Å². The summed E-state index contributed by atoms with van der Waals surface area (Å²) in [5, 5.41) is 4.29. The lowest BCUT2D eigenvalue weighted by Crippen LogP contribution is -2.27. The predicted octanol–water partition coefficient (Wildman–Crippen LogP) is 3.40. The molecule has 0 spiro atoms. The maximum Gasteiger partial charge on any atom is 0.224 e. The van der Waals surface area contributed by atoms with Crippen LogP contribution in [0.1, 0.15) is 16.8 Å². The van der Waals surface area contributed by atoms with E-state index in [-0.39, 0.29) is 5.91 Å². The zero-order valence-corrected chi connectivity index (χ0v) is 15.0. The van der Waals surface area contributed by atoms with Crippen LogP contribution in [0.15, 0.2) is 48.5 Å². The number of aryl methyl sites for hydroxylation is 1. The van der Waals surface area contributed by atoms with Crippen molar-refractivity contribution in [3.8, 4) is 5.75 Å². The van der Waals surface area contributed by atoms with Crippen molar-refractivity contribution in [2.24, 2.45) is 7.05 Å². The zero-order valence-electron chi connectivity index (χ0n) is 15.0. The summed E-state index contributed by atoms with van der Waals surface area (Å²) >= 11 is 0. The zero-order chi connectivity index (χ0) is 17.8. The number of aromatic nitrogens is 1. The van der Waals surface area contributed by atoms with Crippen molar-refractivity contribution >= 4 is 16.8 Å². The lowest BCUT2D eigenvalue weighted by atomic mass is 10.1. The molecule has 0 aliphatic heterocycles. The Morgan fingerprint density at radius 2 is 1.84 bits per heavy atom. The highest BCUT2D eigenvalue weighted by atomic mass is 16.5. The number of benzene rings is 2. The van der Waals surface area contributed by atoms with Gasteiger partial charge in [-0.05, 0) is 31.0 Å². The van der Waals surface area contributed by atoms with Crippen molar-refractivity contribution in [3.63, 3.8) is 0 Å². The van der Waals surface area contributed by atoms with Crippen LogP contribution in [0.3, 0.4) is 0 Å². The number of para-hydroxylation sites is 2. The number of fused-ring (bicyclic) bond motifs is 1. The van der Waals surface area contributed by atoms with Gasteiger partial charge in [-0.1, -0.05) is 36.4 Å². The number of carbonyl (C=O) groups is 1. The van der Waals surface area contributed by atoms with Gasteiger partial charge in [-0.3, -0.25) is 4.79 Å². The van der Waals surface area contributed by atoms with E-state index in [1.165, 1.54) is 22.2 Å². The molecule has 0 saturated heterocycles. The first-order chi connectivity index (χ1) is 12.1. The summed E-state index contributed by atoms with van der Waals surface area (Å²) in [6.07, 6.45) is 1.16. The molecule has 1 aromatic heterocycles. The molecular weight excluding hydrogens is 312 g/mol. The highest BCUT2D eigenvalue weighted by Gasteiger charge is 2.12. The van der Waals surface area contributed by atoms with Gasteiger partial charge in [0.05, 0.1) is 13.5 Å². The third-order valence-corrected chi connectivity index (χ3v) is 4.77. The molecule has 0 aliphatic rings. The van der Waals surface area contributed by atoms with Crippen LogP contribution in [0, 0.1) is 6.92 Å². The number of carbonyl (C=O) groups excluding carboxylic acids is 1. The maximum atomic E-state index is 12.3. The molecule has 1 heterocycles. The van der Waals surface area contributed by atoms with Gasteiger partial charge >= 0.3 is 0 Å². The number of nitrogens with zero attached hydrogens (tertiary/aromatic N) is 1. The first kappa shape index (κ1) is 17.1. The van der Waals surface area contributed by atoms with Crippen molar-refractivity contribution < 1.29 is 9.53 Å². The Morgan fingerprint density at radius 1 is 1.12 bits per heavy atom. The fourth-order valence-electron chi connectivity index (χ4n) is 3.33. The molecule has 0 bridgehead atoms. The lowest BCUT2D eigenvalue weighted by Gasteiger charge is -2.09. The van der Waals surface area contributed by atoms with Crippen molar-refractivity contribution in [2.75, 3.05) is 13.7 Å². The Kier molecular flexibility index (Phi) is 5.08. The molecule has 3 aromatic rings. The highest BCUT2D eigenvalue weighted by molar-refractivity contribution is 5.85. The predicted molar refractivity (Wildman–Crippen MR) is 101 cm³/mol. The summed E-state index contributed by atoms with van der Waals surface area (Å²) in [6.45, 7) is 2.76. The largest absolute Gasteiger partial charge is 0.496 e. The SMILES string of the molecule is COc1ccccc1CC(=O)NCCc1c(C)n(C)c2ccccc12. The summed E-state index contributed by atoms with van der Waals surface area (Å²) < 4.78 is 7.51. The normalized spacial score (nSPS) is 10.8. The fourth-order valence-corrected chi connectivity index (χ4v) is 3.33. The van der Waals surface area contributed by atoms with E-state index in [0.717, 1.165) is 17.7 Å². The molecule has 0 radical (unpaired) electrons. The molecule has 1 N–H and O–H groups in total. The molecule has 0 aliphatic carbocycles. The van der Waals surface area contributed by atoms with E-state index in [9.17, 15) is 4.79 Å². The van der Waals surface area contributed by atoms with Crippen LogP contribution >= 0.6 is 0 Å². The Labute approximate surface area is 148 Å². The molecular formula is C21H24N2O2. The van der Waals surface area contributed by atoms with Crippen LogP contribution in [0.25, 0.3) is 10.9 Å². The van der Waals surface area contributed by atoms with Crippen molar-refractivity contribution in [2.45, 2.75) is 19.8 Å². The average Bonchev–Trinajstić information content (AvgIpc) is 2.87. The number of nitrogens with one attached hydrogen (secondary N) is 1. The second-order valence-electron chi connectivity index (χ2n) is 6.23. The topological polar surface area (TPSA) is 43.3 Å². The minimum Gasteiger partial charge on any atom is -0.496 e. The molecule has 0 fully saturated rings. The van der Waals surface area contributed by atoms with Gasteiger partial charge in [0.15, 0.2) is 0 Å². The van der Waals surface area contributed by atoms with Crippen molar-refractivity contribution in [1.82, 2.24) is 9.88 Å². The molecule has 25 heavy (non-hydrogen) atoms. The van der Waals surface area contributed by atoms with Crippen LogP contribution in [0.2, 0.25) is 0 Å². The summed E-state index contributed by atoms with van der Waals surface area (Å²) in [5.41, 5.74) is 4.69. The minimum atomic E-state index is 0.0161. The standard InChI is InChI=1S/C21H24N2O2/c1-15-17(18-9-5-6-10-19(18)23(15)2)12-13-22-21(24)14-16-8-4-7-11-20(16)25-3/h4-11H,12-14H2,1-3H3,(H,22,24).